The number of aryl methyl sites for hydroxylation is 1. The Morgan fingerprint density at radius 3 is 2.47 bits per heavy atom. The number of hydrogen-bond donors (Lipinski definition) is 1. The lowest BCUT2D eigenvalue weighted by Gasteiger charge is -2.39. The number of rotatable bonds is 3. The Hall–Kier alpha value is -4.06. The minimum atomic E-state index is -0.290. The highest BCUT2D eigenvalue weighted by Crippen LogP contribution is 2.50. The summed E-state index contributed by atoms with van der Waals surface area (Å²) >= 11 is 0. The van der Waals surface area contributed by atoms with E-state index in [1.165, 1.54) is 5.56 Å². The molecular weight excluding hydrogens is 400 g/mol. The Balaban J connectivity index is 1.60. The van der Waals surface area contributed by atoms with Crippen molar-refractivity contribution in [2.24, 2.45) is 0 Å². The summed E-state index contributed by atoms with van der Waals surface area (Å²) in [4.78, 5) is 4.48. The maximum Gasteiger partial charge on any atom is 0.226 e. The summed E-state index contributed by atoms with van der Waals surface area (Å²) in [6.07, 6.45) is 1.30. The van der Waals surface area contributed by atoms with Crippen LogP contribution >= 0.6 is 0 Å². The number of methoxy groups -OCH3 is 1. The molecule has 0 spiro atoms. The van der Waals surface area contributed by atoms with Crippen LogP contribution in [0.15, 0.2) is 84.7 Å². The van der Waals surface area contributed by atoms with E-state index >= 15 is 0 Å². The number of fused-ring (bicyclic) bond motifs is 3. The van der Waals surface area contributed by atoms with Gasteiger partial charge in [0.25, 0.3) is 0 Å². The smallest absolute Gasteiger partial charge is 0.226 e. The molecular formula is C26H22N4O2. The quantitative estimate of drug-likeness (QED) is 0.494. The number of nitrogens with zero attached hydrogens (tertiary/aromatic N) is 3. The largest absolute Gasteiger partial charge is 0.497 e. The van der Waals surface area contributed by atoms with Crippen molar-refractivity contribution in [3.05, 3.63) is 107 Å². The molecule has 2 aliphatic heterocycles. The first-order valence-electron chi connectivity index (χ1n) is 10.6. The molecule has 0 saturated carbocycles. The summed E-state index contributed by atoms with van der Waals surface area (Å²) in [6.45, 7) is 2.10. The van der Waals surface area contributed by atoms with E-state index in [1.807, 2.05) is 35.0 Å². The summed E-state index contributed by atoms with van der Waals surface area (Å²) in [5, 5.41) is 8.11. The van der Waals surface area contributed by atoms with Crippen LogP contribution in [0.25, 0.3) is 5.70 Å². The first kappa shape index (κ1) is 18.7. The summed E-state index contributed by atoms with van der Waals surface area (Å²) in [7, 11) is 1.67. The maximum atomic E-state index is 6.63. The van der Waals surface area contributed by atoms with E-state index in [1.54, 1.807) is 13.4 Å². The van der Waals surface area contributed by atoms with Crippen molar-refractivity contribution in [2.75, 3.05) is 12.4 Å². The van der Waals surface area contributed by atoms with Crippen molar-refractivity contribution in [1.29, 1.82) is 0 Å². The van der Waals surface area contributed by atoms with Gasteiger partial charge in [0.05, 0.1) is 12.8 Å². The fraction of sp³-hybridized carbons (Fsp3) is 0.154. The monoisotopic (exact) mass is 422 g/mol. The fourth-order valence-corrected chi connectivity index (χ4v) is 4.54. The molecule has 0 saturated heterocycles. The Morgan fingerprint density at radius 2 is 1.69 bits per heavy atom. The third-order valence-corrected chi connectivity index (χ3v) is 6.13. The summed E-state index contributed by atoms with van der Waals surface area (Å²) in [5.74, 6) is 2.38. The van der Waals surface area contributed by atoms with Gasteiger partial charge in [0.2, 0.25) is 5.95 Å². The minimum Gasteiger partial charge on any atom is -0.497 e. The molecule has 6 nitrogen and oxygen atoms in total. The molecule has 3 aromatic carbocycles. The van der Waals surface area contributed by atoms with E-state index in [0.717, 1.165) is 45.4 Å². The normalized spacial score (nSPS) is 18.7. The standard InChI is InChI=1S/C26H22N4O2/c1-16-7-9-17(10-8-16)24-22-23(29-26-27-15-28-30(24)26)20-5-3-4-6-21(20)32-25(22)18-11-13-19(31-2)14-12-18/h3-15,24-25H,1-2H3,(H,27,28,29)/t24-,25+/m1/s1. The second-order valence-corrected chi connectivity index (χ2v) is 8.06. The van der Waals surface area contributed by atoms with Crippen molar-refractivity contribution in [3.63, 3.8) is 0 Å². The van der Waals surface area contributed by atoms with E-state index in [0.29, 0.717) is 0 Å². The lowest BCUT2D eigenvalue weighted by atomic mass is 9.84. The van der Waals surface area contributed by atoms with Gasteiger partial charge >= 0.3 is 0 Å². The first-order chi connectivity index (χ1) is 15.7. The second kappa shape index (κ2) is 7.27. The maximum absolute atomic E-state index is 6.63. The van der Waals surface area contributed by atoms with Gasteiger partial charge in [0, 0.05) is 11.1 Å². The van der Waals surface area contributed by atoms with Gasteiger partial charge in [0.15, 0.2) is 0 Å². The molecule has 1 N–H and O–H groups in total. The van der Waals surface area contributed by atoms with Gasteiger partial charge in [-0.3, -0.25) is 0 Å². The molecule has 32 heavy (non-hydrogen) atoms. The SMILES string of the molecule is COc1ccc([C@@H]2Oc3ccccc3C3=C2[C@@H](c2ccc(C)cc2)n2ncnc2N3)cc1. The van der Waals surface area contributed by atoms with Crippen LogP contribution in [0.2, 0.25) is 0 Å². The molecule has 0 aliphatic carbocycles. The van der Waals surface area contributed by atoms with Crippen molar-refractivity contribution in [1.82, 2.24) is 14.8 Å². The van der Waals surface area contributed by atoms with E-state index in [2.05, 4.69) is 64.8 Å². The third-order valence-electron chi connectivity index (χ3n) is 6.13. The van der Waals surface area contributed by atoms with Crippen LogP contribution in [0.5, 0.6) is 11.5 Å². The average molecular weight is 422 g/mol. The van der Waals surface area contributed by atoms with Crippen LogP contribution < -0.4 is 14.8 Å². The predicted octanol–water partition coefficient (Wildman–Crippen LogP) is 5.16. The molecule has 3 heterocycles. The molecule has 6 heteroatoms. The van der Waals surface area contributed by atoms with E-state index in [9.17, 15) is 0 Å². The van der Waals surface area contributed by atoms with E-state index in [-0.39, 0.29) is 12.1 Å². The van der Waals surface area contributed by atoms with Crippen LogP contribution in [0.4, 0.5) is 5.95 Å². The molecule has 0 bridgehead atoms. The lowest BCUT2D eigenvalue weighted by molar-refractivity contribution is 0.223. The van der Waals surface area contributed by atoms with Gasteiger partial charge in [-0.15, -0.1) is 0 Å². The number of ether oxygens (including phenoxy) is 2. The molecule has 0 fully saturated rings. The molecule has 1 aromatic heterocycles. The summed E-state index contributed by atoms with van der Waals surface area (Å²) in [6, 6.07) is 24.6. The lowest BCUT2D eigenvalue weighted by Crippen LogP contribution is -2.32. The molecule has 0 amide bonds. The molecule has 0 unspecified atom stereocenters. The first-order valence-corrected chi connectivity index (χ1v) is 10.6. The van der Waals surface area contributed by atoms with Gasteiger partial charge in [-0.1, -0.05) is 54.1 Å². The van der Waals surface area contributed by atoms with Crippen LogP contribution in [0.3, 0.4) is 0 Å². The molecule has 4 aromatic rings. The van der Waals surface area contributed by atoms with Crippen LogP contribution in [0.1, 0.15) is 34.4 Å². The highest BCUT2D eigenvalue weighted by Gasteiger charge is 2.40. The number of para-hydroxylation sites is 1. The van der Waals surface area contributed by atoms with Crippen LogP contribution in [-0.4, -0.2) is 21.9 Å². The van der Waals surface area contributed by atoms with Crippen molar-refractivity contribution in [3.8, 4) is 11.5 Å². The molecule has 6 rings (SSSR count). The van der Waals surface area contributed by atoms with Gasteiger partial charge in [-0.05, 0) is 42.3 Å². The third kappa shape index (κ3) is 2.87. The number of nitrogens with one attached hydrogen (secondary N) is 1. The van der Waals surface area contributed by atoms with Gasteiger partial charge in [-0.2, -0.15) is 10.1 Å². The number of anilines is 1. The van der Waals surface area contributed by atoms with Gasteiger partial charge in [-0.25, -0.2) is 4.68 Å². The average Bonchev–Trinajstić information content (AvgIpc) is 3.31. The zero-order valence-electron chi connectivity index (χ0n) is 17.8. The molecule has 0 radical (unpaired) electrons. The highest BCUT2D eigenvalue weighted by molar-refractivity contribution is 5.85. The van der Waals surface area contributed by atoms with E-state index < -0.39 is 0 Å². The summed E-state index contributed by atoms with van der Waals surface area (Å²) in [5.41, 5.74) is 6.56. The Kier molecular flexibility index (Phi) is 4.24. The fourth-order valence-electron chi connectivity index (χ4n) is 4.54. The summed E-state index contributed by atoms with van der Waals surface area (Å²) < 4.78 is 13.9. The zero-order chi connectivity index (χ0) is 21.7. The number of benzene rings is 3. The Bertz CT molecular complexity index is 1320. The van der Waals surface area contributed by atoms with Crippen molar-refractivity contribution < 1.29 is 9.47 Å². The predicted molar refractivity (Wildman–Crippen MR) is 123 cm³/mol. The zero-order valence-corrected chi connectivity index (χ0v) is 17.8. The molecule has 2 aliphatic rings. The highest BCUT2D eigenvalue weighted by atomic mass is 16.5. The van der Waals surface area contributed by atoms with Gasteiger partial charge in [0.1, 0.15) is 30.0 Å². The van der Waals surface area contributed by atoms with E-state index in [4.69, 9.17) is 9.47 Å². The van der Waals surface area contributed by atoms with Crippen LogP contribution in [0, 0.1) is 6.92 Å². The van der Waals surface area contributed by atoms with Crippen molar-refractivity contribution >= 4 is 11.6 Å². The Labute approximate surface area is 186 Å². The van der Waals surface area contributed by atoms with Gasteiger partial charge < -0.3 is 14.8 Å². The van der Waals surface area contributed by atoms with Crippen LogP contribution in [-0.2, 0) is 0 Å². The molecule has 2 atom stereocenters. The number of hydrogen-bond acceptors (Lipinski definition) is 5. The molecule has 158 valence electrons. The minimum absolute atomic E-state index is 0.148. The number of aromatic nitrogens is 3. The second-order valence-electron chi connectivity index (χ2n) is 8.06. The Morgan fingerprint density at radius 1 is 0.938 bits per heavy atom. The topological polar surface area (TPSA) is 61.2 Å². The van der Waals surface area contributed by atoms with Crippen molar-refractivity contribution in [2.45, 2.75) is 19.1 Å².